The number of aromatic nitrogens is 1. The second-order valence-electron chi connectivity index (χ2n) is 6.52. The van der Waals surface area contributed by atoms with E-state index in [1.54, 1.807) is 53.4 Å². The van der Waals surface area contributed by atoms with Gasteiger partial charge in [0.1, 0.15) is 0 Å². The Hall–Kier alpha value is -3.49. The fourth-order valence-electron chi connectivity index (χ4n) is 2.84. The van der Waals surface area contributed by atoms with Crippen LogP contribution in [0, 0.1) is 0 Å². The number of carbonyl (C=O) groups excluding carboxylic acids is 1. The number of benzene rings is 3. The fourth-order valence-corrected chi connectivity index (χ4v) is 4.86. The standard InChI is InChI=1S/C23H17N3O3S2/c27-21(26-24-13-17-5-1-2-6-18(17)22(28)29)16-11-9-15(10-12-16)14-30-23-25-19-7-3-4-8-20(19)31-23/h1-13H,14H2,(H,26,27)(H,28,29)/b24-13-. The number of amides is 1. The van der Waals surface area contributed by atoms with E-state index >= 15 is 0 Å². The Balaban J connectivity index is 1.34. The Kier molecular flexibility index (Phi) is 6.40. The van der Waals surface area contributed by atoms with E-state index in [0.29, 0.717) is 11.1 Å². The van der Waals surface area contributed by atoms with Crippen LogP contribution in [0.25, 0.3) is 10.2 Å². The molecule has 1 heterocycles. The molecule has 0 aliphatic carbocycles. The number of hydrazone groups is 1. The Morgan fingerprint density at radius 1 is 1.03 bits per heavy atom. The van der Waals surface area contributed by atoms with Crippen molar-refractivity contribution in [1.29, 1.82) is 0 Å². The summed E-state index contributed by atoms with van der Waals surface area (Å²) in [5.41, 5.74) is 5.53. The first-order valence-corrected chi connectivity index (χ1v) is 11.1. The number of nitrogens with one attached hydrogen (secondary N) is 1. The fraction of sp³-hybridized carbons (Fsp3) is 0.0435. The van der Waals surface area contributed by atoms with Crippen molar-refractivity contribution >= 4 is 51.4 Å². The molecule has 0 fully saturated rings. The maximum atomic E-state index is 12.3. The van der Waals surface area contributed by atoms with Gasteiger partial charge < -0.3 is 5.11 Å². The molecule has 4 rings (SSSR count). The summed E-state index contributed by atoms with van der Waals surface area (Å²) >= 11 is 3.33. The monoisotopic (exact) mass is 447 g/mol. The van der Waals surface area contributed by atoms with Crippen LogP contribution in [0.4, 0.5) is 0 Å². The van der Waals surface area contributed by atoms with Crippen LogP contribution in [0.15, 0.2) is 82.2 Å². The van der Waals surface area contributed by atoms with Gasteiger partial charge in [0.2, 0.25) is 0 Å². The molecule has 4 aromatic rings. The summed E-state index contributed by atoms with van der Waals surface area (Å²) in [7, 11) is 0. The topological polar surface area (TPSA) is 91.7 Å². The number of hydrogen-bond acceptors (Lipinski definition) is 6. The molecule has 31 heavy (non-hydrogen) atoms. The van der Waals surface area contributed by atoms with Gasteiger partial charge in [-0.1, -0.05) is 54.2 Å². The van der Waals surface area contributed by atoms with Crippen LogP contribution < -0.4 is 5.43 Å². The first-order chi connectivity index (χ1) is 15.1. The summed E-state index contributed by atoms with van der Waals surface area (Å²) in [6.07, 6.45) is 1.32. The van der Waals surface area contributed by atoms with E-state index in [0.717, 1.165) is 21.2 Å². The van der Waals surface area contributed by atoms with E-state index in [1.165, 1.54) is 17.0 Å². The molecule has 0 atom stereocenters. The number of rotatable bonds is 7. The highest BCUT2D eigenvalue weighted by Gasteiger charge is 2.08. The number of carbonyl (C=O) groups is 2. The summed E-state index contributed by atoms with van der Waals surface area (Å²) in [5.74, 6) is -0.659. The van der Waals surface area contributed by atoms with Gasteiger partial charge in [-0.15, -0.1) is 11.3 Å². The molecule has 0 saturated carbocycles. The molecule has 0 unspecified atom stereocenters. The number of aromatic carboxylic acids is 1. The van der Waals surface area contributed by atoms with E-state index in [1.807, 2.05) is 30.3 Å². The van der Waals surface area contributed by atoms with Gasteiger partial charge in [-0.25, -0.2) is 15.2 Å². The van der Waals surface area contributed by atoms with E-state index in [-0.39, 0.29) is 11.5 Å². The summed E-state index contributed by atoms with van der Waals surface area (Å²) in [5, 5.41) is 13.1. The smallest absolute Gasteiger partial charge is 0.336 e. The van der Waals surface area contributed by atoms with Crippen LogP contribution in [0.5, 0.6) is 0 Å². The maximum absolute atomic E-state index is 12.3. The third-order valence-electron chi connectivity index (χ3n) is 4.41. The minimum Gasteiger partial charge on any atom is -0.478 e. The number of para-hydroxylation sites is 1. The minimum atomic E-state index is -1.05. The first-order valence-electron chi connectivity index (χ1n) is 9.33. The van der Waals surface area contributed by atoms with E-state index < -0.39 is 5.97 Å². The van der Waals surface area contributed by atoms with Gasteiger partial charge in [0, 0.05) is 16.9 Å². The lowest BCUT2D eigenvalue weighted by atomic mass is 10.1. The molecule has 0 bridgehead atoms. The average Bonchev–Trinajstić information content (AvgIpc) is 3.21. The minimum absolute atomic E-state index is 0.121. The number of hydrogen-bond donors (Lipinski definition) is 2. The Morgan fingerprint density at radius 3 is 2.55 bits per heavy atom. The molecule has 0 saturated heterocycles. The lowest BCUT2D eigenvalue weighted by Gasteiger charge is -2.03. The highest BCUT2D eigenvalue weighted by molar-refractivity contribution is 8.00. The van der Waals surface area contributed by atoms with Gasteiger partial charge in [-0.2, -0.15) is 5.10 Å². The third-order valence-corrected chi connectivity index (χ3v) is 6.66. The van der Waals surface area contributed by atoms with E-state index in [9.17, 15) is 14.7 Å². The van der Waals surface area contributed by atoms with Crippen LogP contribution in [0.3, 0.4) is 0 Å². The first kappa shape index (κ1) is 20.8. The van der Waals surface area contributed by atoms with E-state index in [4.69, 9.17) is 0 Å². The summed E-state index contributed by atoms with van der Waals surface area (Å²) < 4.78 is 2.18. The SMILES string of the molecule is O=C(N/N=C\c1ccccc1C(=O)O)c1ccc(CSc2nc3ccccc3s2)cc1. The van der Waals surface area contributed by atoms with Crippen molar-refractivity contribution in [3.05, 3.63) is 95.1 Å². The summed E-state index contributed by atoms with van der Waals surface area (Å²) in [4.78, 5) is 28.1. The highest BCUT2D eigenvalue weighted by Crippen LogP contribution is 2.31. The zero-order valence-electron chi connectivity index (χ0n) is 16.2. The third kappa shape index (κ3) is 5.17. The lowest BCUT2D eigenvalue weighted by molar-refractivity contribution is 0.0696. The zero-order valence-corrected chi connectivity index (χ0v) is 17.8. The molecule has 0 radical (unpaired) electrons. The van der Waals surface area contributed by atoms with Crippen LogP contribution in [-0.2, 0) is 5.75 Å². The molecule has 1 aromatic heterocycles. The van der Waals surface area contributed by atoms with Gasteiger partial charge in [0.05, 0.1) is 22.0 Å². The predicted molar refractivity (Wildman–Crippen MR) is 124 cm³/mol. The van der Waals surface area contributed by atoms with Gasteiger partial charge in [0.15, 0.2) is 4.34 Å². The maximum Gasteiger partial charge on any atom is 0.336 e. The number of fused-ring (bicyclic) bond motifs is 1. The van der Waals surface area contributed by atoms with E-state index in [2.05, 4.69) is 21.6 Å². The van der Waals surface area contributed by atoms with Crippen molar-refractivity contribution in [2.45, 2.75) is 10.1 Å². The molecular weight excluding hydrogens is 430 g/mol. The highest BCUT2D eigenvalue weighted by atomic mass is 32.2. The lowest BCUT2D eigenvalue weighted by Crippen LogP contribution is -2.17. The summed E-state index contributed by atoms with van der Waals surface area (Å²) in [6, 6.07) is 21.8. The van der Waals surface area contributed by atoms with Crippen molar-refractivity contribution in [3.8, 4) is 0 Å². The van der Waals surface area contributed by atoms with Crippen LogP contribution in [0.2, 0.25) is 0 Å². The average molecular weight is 448 g/mol. The normalized spacial score (nSPS) is 11.1. The Morgan fingerprint density at radius 2 is 1.77 bits per heavy atom. The molecule has 1 amide bonds. The quantitative estimate of drug-likeness (QED) is 0.235. The van der Waals surface area contributed by atoms with Crippen molar-refractivity contribution in [2.24, 2.45) is 5.10 Å². The van der Waals surface area contributed by atoms with Crippen molar-refractivity contribution < 1.29 is 14.7 Å². The van der Waals surface area contributed by atoms with Crippen LogP contribution in [-0.4, -0.2) is 28.2 Å². The Bertz CT molecular complexity index is 1230. The second kappa shape index (κ2) is 9.55. The molecule has 154 valence electrons. The molecule has 0 aliphatic rings. The van der Waals surface area contributed by atoms with Gasteiger partial charge >= 0.3 is 5.97 Å². The van der Waals surface area contributed by atoms with Crippen molar-refractivity contribution in [1.82, 2.24) is 10.4 Å². The molecule has 0 spiro atoms. The number of thiazole rings is 1. The predicted octanol–water partition coefficient (Wildman–Crippen LogP) is 5.05. The van der Waals surface area contributed by atoms with Crippen molar-refractivity contribution in [2.75, 3.05) is 0 Å². The largest absolute Gasteiger partial charge is 0.478 e. The van der Waals surface area contributed by atoms with Crippen molar-refractivity contribution in [3.63, 3.8) is 0 Å². The van der Waals surface area contributed by atoms with Gasteiger partial charge in [-0.3, -0.25) is 4.79 Å². The van der Waals surface area contributed by atoms with Gasteiger partial charge in [-0.05, 0) is 35.9 Å². The van der Waals surface area contributed by atoms with Gasteiger partial charge in [0.25, 0.3) is 5.91 Å². The molecule has 3 aromatic carbocycles. The molecule has 8 heteroatoms. The molecule has 0 aliphatic heterocycles. The molecule has 6 nitrogen and oxygen atoms in total. The summed E-state index contributed by atoms with van der Waals surface area (Å²) in [6.45, 7) is 0. The van der Waals surface area contributed by atoms with Crippen LogP contribution >= 0.6 is 23.1 Å². The Labute approximate surface area is 186 Å². The number of nitrogens with zero attached hydrogens (tertiary/aromatic N) is 2. The molecular formula is C23H17N3O3S2. The van der Waals surface area contributed by atoms with Crippen LogP contribution in [0.1, 0.15) is 31.8 Å². The number of carboxylic acids is 1. The number of carboxylic acid groups (broad SMARTS) is 1. The molecule has 2 N–H and O–H groups in total. The number of thioether (sulfide) groups is 1. The second-order valence-corrected chi connectivity index (χ2v) is 8.78. The zero-order chi connectivity index (χ0) is 21.6.